The van der Waals surface area contributed by atoms with Crippen LogP contribution in [-0.2, 0) is 4.79 Å². The van der Waals surface area contributed by atoms with Crippen LogP contribution in [0.4, 0.5) is 0 Å². The molecule has 0 heterocycles. The van der Waals surface area contributed by atoms with Gasteiger partial charge >= 0.3 is 0 Å². The molecule has 0 radical (unpaired) electrons. The number of phenols is 1. The first-order chi connectivity index (χ1) is 11.8. The highest BCUT2D eigenvalue weighted by Gasteiger charge is 2.07. The average Bonchev–Trinajstić information content (AvgIpc) is 2.54. The maximum absolute atomic E-state index is 11.8. The number of ether oxygens (including phenoxy) is 1. The number of hydrogen-bond donors (Lipinski definition) is 2. The van der Waals surface area contributed by atoms with E-state index in [0.29, 0.717) is 19.9 Å². The fraction of sp³-hybridized carbons (Fsp3) is 0.176. The molecule has 2 rings (SSSR count). The highest BCUT2D eigenvalue weighted by atomic mass is 127. The second-order valence-electron chi connectivity index (χ2n) is 5.28. The van der Waals surface area contributed by atoms with E-state index in [1.54, 1.807) is 18.2 Å². The molecule has 0 aliphatic rings. The molecule has 0 saturated carbocycles. The van der Waals surface area contributed by atoms with Crippen LogP contribution in [-0.4, -0.2) is 23.8 Å². The predicted octanol–water partition coefficient (Wildman–Crippen LogP) is 4.40. The van der Waals surface area contributed by atoms with Gasteiger partial charge in [-0.2, -0.15) is 5.10 Å². The summed E-state index contributed by atoms with van der Waals surface area (Å²) in [6.07, 6.45) is 1.40. The van der Waals surface area contributed by atoms with E-state index in [1.807, 2.05) is 42.5 Å². The molecule has 0 saturated heterocycles. The minimum atomic E-state index is -0.402. The van der Waals surface area contributed by atoms with Crippen molar-refractivity contribution >= 4 is 68.9 Å². The van der Waals surface area contributed by atoms with Crippen molar-refractivity contribution in [3.05, 3.63) is 53.1 Å². The van der Waals surface area contributed by atoms with Crippen molar-refractivity contribution in [2.24, 2.45) is 5.10 Å². The van der Waals surface area contributed by atoms with E-state index in [9.17, 15) is 9.90 Å². The monoisotopic (exact) mass is 584 g/mol. The van der Waals surface area contributed by atoms with E-state index >= 15 is 0 Å². The Morgan fingerprint density at radius 1 is 1.28 bits per heavy atom. The van der Waals surface area contributed by atoms with Gasteiger partial charge in [0.25, 0.3) is 5.91 Å². The topological polar surface area (TPSA) is 70.9 Å². The average molecular weight is 585 g/mol. The molecule has 0 unspecified atom stereocenters. The summed E-state index contributed by atoms with van der Waals surface area (Å²) in [5.74, 6) is 0.298. The van der Waals surface area contributed by atoms with Crippen molar-refractivity contribution in [2.75, 3.05) is 6.61 Å². The summed E-state index contributed by atoms with van der Waals surface area (Å²) in [4.78, 5) is 11.8. The van der Waals surface area contributed by atoms with Gasteiger partial charge in [-0.25, -0.2) is 5.43 Å². The minimum absolute atomic E-state index is 0.127. The van der Waals surface area contributed by atoms with Crippen LogP contribution in [0.1, 0.15) is 16.7 Å². The van der Waals surface area contributed by atoms with Crippen molar-refractivity contribution in [2.45, 2.75) is 13.8 Å². The zero-order valence-corrected chi connectivity index (χ0v) is 18.5. The second-order valence-corrected chi connectivity index (χ2v) is 8.06. The van der Waals surface area contributed by atoms with E-state index in [4.69, 9.17) is 16.3 Å². The van der Waals surface area contributed by atoms with Crippen LogP contribution < -0.4 is 10.2 Å². The van der Waals surface area contributed by atoms with Crippen LogP contribution in [0.3, 0.4) is 0 Å². The lowest BCUT2D eigenvalue weighted by molar-refractivity contribution is -0.123. The molecule has 0 aliphatic carbocycles. The van der Waals surface area contributed by atoms with Gasteiger partial charge in [0, 0.05) is 14.2 Å². The second kappa shape index (κ2) is 9.04. The molecule has 0 aliphatic heterocycles. The summed E-state index contributed by atoms with van der Waals surface area (Å²) in [5.41, 5.74) is 4.68. The molecule has 2 aromatic rings. The molecule has 8 heteroatoms. The Labute approximate surface area is 178 Å². The molecular weight excluding hydrogens is 569 g/mol. The van der Waals surface area contributed by atoms with E-state index in [1.165, 1.54) is 6.21 Å². The van der Waals surface area contributed by atoms with Crippen LogP contribution >= 0.6 is 56.8 Å². The van der Waals surface area contributed by atoms with Crippen molar-refractivity contribution in [1.82, 2.24) is 5.43 Å². The molecule has 132 valence electrons. The molecule has 0 aromatic heterocycles. The summed E-state index contributed by atoms with van der Waals surface area (Å²) < 4.78 is 7.13. The fourth-order valence-corrected chi connectivity index (χ4v) is 4.03. The summed E-state index contributed by atoms with van der Waals surface area (Å²) >= 11 is 10.3. The van der Waals surface area contributed by atoms with Gasteiger partial charge in [0.1, 0.15) is 11.5 Å². The molecule has 2 aromatic carbocycles. The number of rotatable bonds is 5. The van der Waals surface area contributed by atoms with Gasteiger partial charge in [-0.1, -0.05) is 11.6 Å². The van der Waals surface area contributed by atoms with Gasteiger partial charge in [-0.15, -0.1) is 0 Å². The van der Waals surface area contributed by atoms with Crippen LogP contribution in [0.25, 0.3) is 0 Å². The molecule has 25 heavy (non-hydrogen) atoms. The normalized spacial score (nSPS) is 10.9. The first-order valence-electron chi connectivity index (χ1n) is 7.17. The van der Waals surface area contributed by atoms with Crippen LogP contribution in [0.2, 0.25) is 5.02 Å². The highest BCUT2D eigenvalue weighted by Crippen LogP contribution is 2.26. The quantitative estimate of drug-likeness (QED) is 0.311. The molecule has 0 fully saturated rings. The first kappa shape index (κ1) is 20.2. The van der Waals surface area contributed by atoms with Crippen molar-refractivity contribution in [1.29, 1.82) is 0 Å². The Morgan fingerprint density at radius 2 is 1.92 bits per heavy atom. The summed E-state index contributed by atoms with van der Waals surface area (Å²) in [5, 5.41) is 14.5. The lowest BCUT2D eigenvalue weighted by Crippen LogP contribution is -2.24. The maximum atomic E-state index is 11.8. The van der Waals surface area contributed by atoms with Gasteiger partial charge in [0.15, 0.2) is 6.61 Å². The van der Waals surface area contributed by atoms with Crippen LogP contribution in [0.5, 0.6) is 11.5 Å². The Bertz CT molecular complexity index is 818. The van der Waals surface area contributed by atoms with Gasteiger partial charge in [0.05, 0.1) is 9.78 Å². The molecule has 0 bridgehead atoms. The number of aryl methyl sites for hydroxylation is 2. The lowest BCUT2D eigenvalue weighted by atomic mass is 10.1. The summed E-state index contributed by atoms with van der Waals surface area (Å²) in [7, 11) is 0. The van der Waals surface area contributed by atoms with Crippen molar-refractivity contribution in [3.8, 4) is 11.5 Å². The number of hydrazone groups is 1. The van der Waals surface area contributed by atoms with E-state index in [0.717, 1.165) is 14.7 Å². The summed E-state index contributed by atoms with van der Waals surface area (Å²) in [6, 6.07) is 7.16. The highest BCUT2D eigenvalue weighted by molar-refractivity contribution is 14.1. The molecule has 5 nitrogen and oxygen atoms in total. The Hall–Kier alpha value is -1.07. The maximum Gasteiger partial charge on any atom is 0.277 e. The number of nitrogens with one attached hydrogen (secondary N) is 1. The van der Waals surface area contributed by atoms with Gasteiger partial charge in [-0.3, -0.25) is 4.79 Å². The van der Waals surface area contributed by atoms with Crippen molar-refractivity contribution in [3.63, 3.8) is 0 Å². The zero-order valence-electron chi connectivity index (χ0n) is 13.4. The van der Waals surface area contributed by atoms with Crippen molar-refractivity contribution < 1.29 is 14.6 Å². The Balaban J connectivity index is 1.93. The molecule has 0 spiro atoms. The third-order valence-electron chi connectivity index (χ3n) is 3.23. The number of amides is 1. The minimum Gasteiger partial charge on any atom is -0.506 e. The largest absolute Gasteiger partial charge is 0.506 e. The number of carbonyl (C=O) groups excluding carboxylic acids is 1. The standard InChI is InChI=1S/C17H15ClI2N2O3/c1-9-3-13(4-10(2)16(9)18)25-8-15(23)22-21-7-11-5-12(19)6-14(20)17(11)24/h3-7,24H,8H2,1-2H3,(H,22,23). The number of benzene rings is 2. The van der Waals surface area contributed by atoms with E-state index in [-0.39, 0.29) is 12.4 Å². The van der Waals surface area contributed by atoms with E-state index < -0.39 is 5.91 Å². The number of halogens is 3. The first-order valence-corrected chi connectivity index (χ1v) is 9.71. The number of nitrogens with zero attached hydrogens (tertiary/aromatic N) is 1. The zero-order chi connectivity index (χ0) is 18.6. The third-order valence-corrected chi connectivity index (χ3v) is 5.27. The van der Waals surface area contributed by atoms with Gasteiger partial charge in [0.2, 0.25) is 0 Å². The SMILES string of the molecule is Cc1cc(OCC(=O)NN=Cc2cc(I)cc(I)c2O)cc(C)c1Cl. The molecular formula is C17H15ClI2N2O3. The van der Waals surface area contributed by atoms with Gasteiger partial charge < -0.3 is 9.84 Å². The fourth-order valence-electron chi connectivity index (χ4n) is 2.03. The van der Waals surface area contributed by atoms with Crippen LogP contribution in [0, 0.1) is 21.0 Å². The van der Waals surface area contributed by atoms with Crippen LogP contribution in [0.15, 0.2) is 29.4 Å². The molecule has 0 atom stereocenters. The lowest BCUT2D eigenvalue weighted by Gasteiger charge is -2.09. The number of hydrogen-bond acceptors (Lipinski definition) is 4. The molecule has 1 amide bonds. The number of aromatic hydroxyl groups is 1. The predicted molar refractivity (Wildman–Crippen MR) is 116 cm³/mol. The summed E-state index contributed by atoms with van der Waals surface area (Å²) in [6.45, 7) is 3.58. The smallest absolute Gasteiger partial charge is 0.277 e. The third kappa shape index (κ3) is 5.71. The van der Waals surface area contributed by atoms with Gasteiger partial charge in [-0.05, 0) is 94.4 Å². The Kier molecular flexibility index (Phi) is 7.32. The number of phenolic OH excluding ortho intramolecular Hbond substituents is 1. The van der Waals surface area contributed by atoms with E-state index in [2.05, 4.69) is 33.1 Å². The Morgan fingerprint density at radius 3 is 2.56 bits per heavy atom. The number of carbonyl (C=O) groups is 1. The molecule has 2 N–H and O–H groups in total.